The molecule has 0 bridgehead atoms. The molecule has 21 heavy (non-hydrogen) atoms. The van der Waals surface area contributed by atoms with Crippen LogP contribution < -0.4 is 5.32 Å². The van der Waals surface area contributed by atoms with Crippen LogP contribution in [0.4, 0.5) is 0 Å². The number of amides is 1. The lowest BCUT2D eigenvalue weighted by Gasteiger charge is -2.20. The Kier molecular flexibility index (Phi) is 5.23. The van der Waals surface area contributed by atoms with Crippen molar-refractivity contribution in [1.29, 1.82) is 0 Å². The van der Waals surface area contributed by atoms with Crippen molar-refractivity contribution in [2.45, 2.75) is 45.3 Å². The summed E-state index contributed by atoms with van der Waals surface area (Å²) in [5, 5.41) is 3.45. The van der Waals surface area contributed by atoms with E-state index >= 15 is 0 Å². The normalized spacial score (nSPS) is 15.6. The minimum atomic E-state index is -0.446. The highest BCUT2D eigenvalue weighted by Gasteiger charge is 2.32. The Morgan fingerprint density at radius 3 is 2.57 bits per heavy atom. The van der Waals surface area contributed by atoms with Crippen LogP contribution in [0.15, 0.2) is 24.3 Å². The number of hydrogen-bond donors (Lipinski definition) is 1. The first-order chi connectivity index (χ1) is 9.97. The molecule has 4 nitrogen and oxygen atoms in total. The molecule has 1 aliphatic rings. The SMILES string of the molecule is CC(C)OC(=O)C[C@@H](NC(=O)C1CC1)c1ccccc1Cl. The van der Waals surface area contributed by atoms with Crippen LogP contribution in [0.1, 0.15) is 44.7 Å². The molecule has 114 valence electrons. The molecule has 1 N–H and O–H groups in total. The Hall–Kier alpha value is -1.55. The fourth-order valence-electron chi connectivity index (χ4n) is 2.11. The molecule has 5 heteroatoms. The van der Waals surface area contributed by atoms with Gasteiger partial charge in [-0.25, -0.2) is 0 Å². The molecule has 1 aliphatic carbocycles. The van der Waals surface area contributed by atoms with Crippen LogP contribution in [-0.4, -0.2) is 18.0 Å². The highest BCUT2D eigenvalue weighted by atomic mass is 35.5. The van der Waals surface area contributed by atoms with E-state index in [4.69, 9.17) is 16.3 Å². The zero-order valence-corrected chi connectivity index (χ0v) is 13.0. The number of rotatable bonds is 6. The minimum absolute atomic E-state index is 0.0164. The molecule has 0 unspecified atom stereocenters. The maximum atomic E-state index is 12.0. The molecule has 0 radical (unpaired) electrons. The number of ether oxygens (including phenoxy) is 1. The summed E-state index contributed by atoms with van der Waals surface area (Å²) in [6.07, 6.45) is 1.73. The van der Waals surface area contributed by atoms with E-state index in [1.54, 1.807) is 19.9 Å². The van der Waals surface area contributed by atoms with E-state index in [2.05, 4.69) is 5.32 Å². The molecule has 1 aromatic carbocycles. The predicted octanol–water partition coefficient (Wildman–Crippen LogP) is 3.25. The Morgan fingerprint density at radius 2 is 2.00 bits per heavy atom. The van der Waals surface area contributed by atoms with Gasteiger partial charge in [0, 0.05) is 10.9 Å². The lowest BCUT2D eigenvalue weighted by molar-refractivity contribution is -0.148. The summed E-state index contributed by atoms with van der Waals surface area (Å²) in [5.74, 6) is -0.278. The topological polar surface area (TPSA) is 55.4 Å². The molecule has 1 atom stereocenters. The Bertz CT molecular complexity index is 526. The van der Waals surface area contributed by atoms with Crippen LogP contribution in [0, 0.1) is 5.92 Å². The third-order valence-corrected chi connectivity index (χ3v) is 3.63. The number of halogens is 1. The Labute approximate surface area is 129 Å². The number of benzene rings is 1. The quantitative estimate of drug-likeness (QED) is 0.821. The van der Waals surface area contributed by atoms with Crippen molar-refractivity contribution in [1.82, 2.24) is 5.32 Å². The number of hydrogen-bond acceptors (Lipinski definition) is 3. The molecule has 0 aliphatic heterocycles. The number of carbonyl (C=O) groups is 2. The minimum Gasteiger partial charge on any atom is -0.463 e. The van der Waals surface area contributed by atoms with Crippen molar-refractivity contribution >= 4 is 23.5 Å². The third-order valence-electron chi connectivity index (χ3n) is 3.28. The van der Waals surface area contributed by atoms with E-state index in [1.807, 2.05) is 18.2 Å². The first kappa shape index (κ1) is 15.8. The van der Waals surface area contributed by atoms with Gasteiger partial charge in [0.2, 0.25) is 5.91 Å². The number of carbonyl (C=O) groups excluding carboxylic acids is 2. The zero-order chi connectivity index (χ0) is 15.4. The van der Waals surface area contributed by atoms with Gasteiger partial charge in [0.15, 0.2) is 0 Å². The van der Waals surface area contributed by atoms with Crippen LogP contribution in [0.5, 0.6) is 0 Å². The monoisotopic (exact) mass is 309 g/mol. The molecule has 1 aromatic rings. The van der Waals surface area contributed by atoms with Crippen LogP contribution in [-0.2, 0) is 14.3 Å². The number of esters is 1. The van der Waals surface area contributed by atoms with E-state index < -0.39 is 6.04 Å². The number of nitrogens with one attached hydrogen (secondary N) is 1. The van der Waals surface area contributed by atoms with E-state index in [9.17, 15) is 9.59 Å². The van der Waals surface area contributed by atoms with Crippen LogP contribution in [0.2, 0.25) is 5.02 Å². The summed E-state index contributed by atoms with van der Waals surface area (Å²) in [6.45, 7) is 3.59. The van der Waals surface area contributed by atoms with Gasteiger partial charge < -0.3 is 10.1 Å². The van der Waals surface area contributed by atoms with E-state index in [0.29, 0.717) is 5.02 Å². The van der Waals surface area contributed by atoms with Gasteiger partial charge in [0.05, 0.1) is 18.6 Å². The van der Waals surface area contributed by atoms with Crippen molar-refractivity contribution in [3.05, 3.63) is 34.9 Å². The summed E-state index contributed by atoms with van der Waals surface area (Å²) in [5.41, 5.74) is 0.744. The van der Waals surface area contributed by atoms with Crippen molar-refractivity contribution in [2.75, 3.05) is 0 Å². The molecule has 1 amide bonds. The van der Waals surface area contributed by atoms with Gasteiger partial charge in [0.25, 0.3) is 0 Å². The molecule has 2 rings (SSSR count). The van der Waals surface area contributed by atoms with Gasteiger partial charge in [-0.1, -0.05) is 29.8 Å². The van der Waals surface area contributed by atoms with Gasteiger partial charge in [0.1, 0.15) is 0 Å². The average Bonchev–Trinajstić information content (AvgIpc) is 3.21. The Balaban J connectivity index is 2.11. The fraction of sp³-hybridized carbons (Fsp3) is 0.500. The molecule has 0 spiro atoms. The zero-order valence-electron chi connectivity index (χ0n) is 12.3. The summed E-state index contributed by atoms with van der Waals surface area (Å²) < 4.78 is 5.17. The maximum absolute atomic E-state index is 12.0. The van der Waals surface area contributed by atoms with Crippen molar-refractivity contribution in [3.8, 4) is 0 Å². The fourth-order valence-corrected chi connectivity index (χ4v) is 2.38. The van der Waals surface area contributed by atoms with E-state index in [-0.39, 0.29) is 30.3 Å². The van der Waals surface area contributed by atoms with Crippen LogP contribution in [0.3, 0.4) is 0 Å². The highest BCUT2D eigenvalue weighted by Crippen LogP contribution is 2.31. The first-order valence-corrected chi connectivity index (χ1v) is 7.59. The van der Waals surface area contributed by atoms with Crippen LogP contribution in [0.25, 0.3) is 0 Å². The summed E-state index contributed by atoms with van der Waals surface area (Å²) in [4.78, 5) is 23.9. The standard InChI is InChI=1S/C16H20ClNO3/c1-10(2)21-15(19)9-14(18-16(20)11-7-8-11)12-5-3-4-6-13(12)17/h3-6,10-11,14H,7-9H2,1-2H3,(H,18,20)/t14-/m1/s1. The molecule has 0 aromatic heterocycles. The van der Waals surface area contributed by atoms with Gasteiger partial charge in [-0.15, -0.1) is 0 Å². The van der Waals surface area contributed by atoms with Crippen LogP contribution >= 0.6 is 11.6 Å². The highest BCUT2D eigenvalue weighted by molar-refractivity contribution is 6.31. The smallest absolute Gasteiger partial charge is 0.308 e. The van der Waals surface area contributed by atoms with Crippen molar-refractivity contribution in [3.63, 3.8) is 0 Å². The van der Waals surface area contributed by atoms with E-state index in [1.165, 1.54) is 0 Å². The molecular weight excluding hydrogens is 290 g/mol. The second-order valence-corrected chi connectivity index (χ2v) is 6.01. The van der Waals surface area contributed by atoms with Gasteiger partial charge in [-0.2, -0.15) is 0 Å². The third kappa shape index (κ3) is 4.74. The first-order valence-electron chi connectivity index (χ1n) is 7.21. The average molecular weight is 310 g/mol. The lowest BCUT2D eigenvalue weighted by atomic mass is 10.0. The molecular formula is C16H20ClNO3. The second kappa shape index (κ2) is 6.94. The molecule has 0 saturated heterocycles. The largest absolute Gasteiger partial charge is 0.463 e. The van der Waals surface area contributed by atoms with Crippen molar-refractivity contribution < 1.29 is 14.3 Å². The van der Waals surface area contributed by atoms with Gasteiger partial charge in [-0.3, -0.25) is 9.59 Å². The molecule has 0 heterocycles. The maximum Gasteiger partial charge on any atom is 0.308 e. The second-order valence-electron chi connectivity index (χ2n) is 5.60. The van der Waals surface area contributed by atoms with E-state index in [0.717, 1.165) is 18.4 Å². The van der Waals surface area contributed by atoms with Crippen molar-refractivity contribution in [2.24, 2.45) is 5.92 Å². The summed E-state index contributed by atoms with van der Waals surface area (Å²) in [7, 11) is 0. The van der Waals surface area contributed by atoms with Gasteiger partial charge in [-0.05, 0) is 38.3 Å². The summed E-state index contributed by atoms with van der Waals surface area (Å²) in [6, 6.07) is 6.78. The van der Waals surface area contributed by atoms with Gasteiger partial charge >= 0.3 is 5.97 Å². The molecule has 1 fully saturated rings. The molecule has 1 saturated carbocycles. The predicted molar refractivity (Wildman–Crippen MR) is 80.9 cm³/mol. The lowest BCUT2D eigenvalue weighted by Crippen LogP contribution is -2.32. The summed E-state index contributed by atoms with van der Waals surface area (Å²) >= 11 is 6.18. The Morgan fingerprint density at radius 1 is 1.33 bits per heavy atom.